The lowest BCUT2D eigenvalue weighted by molar-refractivity contribution is -0.125. The van der Waals surface area contributed by atoms with Crippen LogP contribution in [0.2, 0.25) is 0 Å². The minimum atomic E-state index is -0.242. The summed E-state index contributed by atoms with van der Waals surface area (Å²) in [4.78, 5) is 24.1. The molecule has 2 N–H and O–H groups in total. The lowest BCUT2D eigenvalue weighted by Gasteiger charge is -2.11. The van der Waals surface area contributed by atoms with Gasteiger partial charge in [-0.15, -0.1) is 0 Å². The van der Waals surface area contributed by atoms with E-state index in [4.69, 9.17) is 4.74 Å². The normalized spacial score (nSPS) is 20.0. The Balaban J connectivity index is 1.98. The Morgan fingerprint density at radius 3 is 2.52 bits per heavy atom. The van der Waals surface area contributed by atoms with Gasteiger partial charge in [-0.25, -0.2) is 0 Å². The molecule has 0 saturated heterocycles. The summed E-state index contributed by atoms with van der Waals surface area (Å²) in [5.41, 5.74) is 1.69. The van der Waals surface area contributed by atoms with E-state index in [1.165, 1.54) is 0 Å². The van der Waals surface area contributed by atoms with Gasteiger partial charge in [-0.1, -0.05) is 6.07 Å². The van der Waals surface area contributed by atoms with Crippen LogP contribution in [0, 0.1) is 18.8 Å². The van der Waals surface area contributed by atoms with Crippen molar-refractivity contribution >= 4 is 17.5 Å². The van der Waals surface area contributed by atoms with Crippen molar-refractivity contribution in [1.29, 1.82) is 0 Å². The molecule has 1 aromatic carbocycles. The van der Waals surface area contributed by atoms with Gasteiger partial charge in [0, 0.05) is 6.04 Å². The van der Waals surface area contributed by atoms with E-state index >= 15 is 0 Å². The van der Waals surface area contributed by atoms with E-state index < -0.39 is 0 Å². The monoisotopic (exact) mass is 290 g/mol. The average Bonchev–Trinajstić information content (AvgIpc) is 3.18. The van der Waals surface area contributed by atoms with E-state index in [0.29, 0.717) is 17.9 Å². The lowest BCUT2D eigenvalue weighted by atomic mass is 10.2. The Morgan fingerprint density at radius 2 is 1.90 bits per heavy atom. The first-order valence-corrected chi connectivity index (χ1v) is 7.18. The molecule has 1 aliphatic rings. The Kier molecular flexibility index (Phi) is 4.50. The number of rotatable bonds is 5. The number of carbonyl (C=O) groups excluding carboxylic acids is 2. The molecule has 1 aliphatic carbocycles. The van der Waals surface area contributed by atoms with Crippen molar-refractivity contribution in [1.82, 2.24) is 5.32 Å². The number of nitrogens with one attached hydrogen (secondary N) is 2. The molecule has 0 heterocycles. The zero-order chi connectivity index (χ0) is 15.6. The summed E-state index contributed by atoms with van der Waals surface area (Å²) < 4.78 is 5.23. The molecule has 2 amide bonds. The number of benzene rings is 1. The smallest absolute Gasteiger partial charge is 0.228 e. The summed E-state index contributed by atoms with van der Waals surface area (Å²) in [6.07, 6.45) is 0.610. The molecule has 2 atom stereocenters. The molecule has 5 heteroatoms. The summed E-state index contributed by atoms with van der Waals surface area (Å²) in [6, 6.07) is 5.70. The van der Waals surface area contributed by atoms with Crippen LogP contribution in [0.15, 0.2) is 18.2 Å². The third kappa shape index (κ3) is 3.74. The summed E-state index contributed by atoms with van der Waals surface area (Å²) in [5, 5.41) is 5.70. The molecule has 1 saturated carbocycles. The number of methoxy groups -OCH3 is 1. The van der Waals surface area contributed by atoms with Crippen LogP contribution < -0.4 is 15.4 Å². The van der Waals surface area contributed by atoms with Crippen LogP contribution in [0.4, 0.5) is 5.69 Å². The topological polar surface area (TPSA) is 67.4 Å². The van der Waals surface area contributed by atoms with Crippen molar-refractivity contribution in [3.05, 3.63) is 23.8 Å². The van der Waals surface area contributed by atoms with Gasteiger partial charge in [-0.3, -0.25) is 9.59 Å². The average molecular weight is 290 g/mol. The molecule has 2 rings (SSSR count). The van der Waals surface area contributed by atoms with Gasteiger partial charge in [-0.05, 0) is 44.9 Å². The van der Waals surface area contributed by atoms with Crippen LogP contribution >= 0.6 is 0 Å². The summed E-state index contributed by atoms with van der Waals surface area (Å²) in [5.74, 6) is 0.0131. The van der Waals surface area contributed by atoms with Gasteiger partial charge in [0.1, 0.15) is 5.75 Å². The van der Waals surface area contributed by atoms with Crippen LogP contribution in [0.5, 0.6) is 5.75 Å². The fourth-order valence-corrected chi connectivity index (χ4v) is 2.31. The van der Waals surface area contributed by atoms with Crippen molar-refractivity contribution < 1.29 is 14.3 Å². The zero-order valence-electron chi connectivity index (χ0n) is 12.9. The maximum absolute atomic E-state index is 12.2. The molecule has 21 heavy (non-hydrogen) atoms. The third-order valence-corrected chi connectivity index (χ3v) is 3.51. The van der Waals surface area contributed by atoms with Crippen LogP contribution in [0.25, 0.3) is 0 Å². The van der Waals surface area contributed by atoms with E-state index in [-0.39, 0.29) is 29.7 Å². The first kappa shape index (κ1) is 15.4. The quantitative estimate of drug-likeness (QED) is 0.872. The number of anilines is 1. The molecule has 5 nitrogen and oxygen atoms in total. The van der Waals surface area contributed by atoms with Crippen LogP contribution in [-0.2, 0) is 9.59 Å². The van der Waals surface area contributed by atoms with Gasteiger partial charge in [-0.2, -0.15) is 0 Å². The molecular formula is C16H22N2O3. The van der Waals surface area contributed by atoms with E-state index in [2.05, 4.69) is 10.6 Å². The third-order valence-electron chi connectivity index (χ3n) is 3.51. The number of hydrogen-bond acceptors (Lipinski definition) is 3. The predicted octanol–water partition coefficient (Wildman–Crippen LogP) is 2.10. The fourth-order valence-electron chi connectivity index (χ4n) is 2.31. The SMILES string of the molecule is COc1ccc(C)cc1NC(=O)C1CC1C(=O)NC(C)C. The second-order valence-corrected chi connectivity index (χ2v) is 5.80. The van der Waals surface area contributed by atoms with Crippen molar-refractivity contribution in [2.24, 2.45) is 11.8 Å². The highest BCUT2D eigenvalue weighted by Gasteiger charge is 2.48. The Bertz CT molecular complexity index is 554. The van der Waals surface area contributed by atoms with Gasteiger partial charge in [0.25, 0.3) is 0 Å². The van der Waals surface area contributed by atoms with Crippen LogP contribution in [-0.4, -0.2) is 25.0 Å². The lowest BCUT2D eigenvalue weighted by Crippen LogP contribution is -2.32. The summed E-state index contributed by atoms with van der Waals surface area (Å²) in [7, 11) is 1.57. The number of carbonyl (C=O) groups is 2. The Hall–Kier alpha value is -2.04. The number of hydrogen-bond donors (Lipinski definition) is 2. The summed E-state index contributed by atoms with van der Waals surface area (Å²) in [6.45, 7) is 5.77. The predicted molar refractivity (Wildman–Crippen MR) is 81.2 cm³/mol. The molecule has 2 unspecified atom stereocenters. The molecule has 1 fully saturated rings. The zero-order valence-corrected chi connectivity index (χ0v) is 12.9. The van der Waals surface area contributed by atoms with Crippen molar-refractivity contribution in [2.75, 3.05) is 12.4 Å². The number of ether oxygens (including phenoxy) is 1. The molecule has 0 aromatic heterocycles. The second kappa shape index (κ2) is 6.16. The van der Waals surface area contributed by atoms with E-state index in [1.807, 2.05) is 39.0 Å². The first-order chi connectivity index (χ1) is 9.92. The largest absolute Gasteiger partial charge is 0.495 e. The van der Waals surface area contributed by atoms with Gasteiger partial charge in [0.15, 0.2) is 0 Å². The molecule has 0 aliphatic heterocycles. The van der Waals surface area contributed by atoms with E-state index in [9.17, 15) is 9.59 Å². The number of amides is 2. The van der Waals surface area contributed by atoms with E-state index in [1.54, 1.807) is 7.11 Å². The summed E-state index contributed by atoms with van der Waals surface area (Å²) >= 11 is 0. The standard InChI is InChI=1S/C16H22N2O3/c1-9(2)17-15(19)11-8-12(11)16(20)18-13-7-10(3)5-6-14(13)21-4/h5-7,9,11-12H,8H2,1-4H3,(H,17,19)(H,18,20). The maximum atomic E-state index is 12.2. The molecule has 1 aromatic rings. The fraction of sp³-hybridized carbons (Fsp3) is 0.500. The van der Waals surface area contributed by atoms with Crippen LogP contribution in [0.1, 0.15) is 25.8 Å². The van der Waals surface area contributed by atoms with Gasteiger partial charge < -0.3 is 15.4 Å². The highest BCUT2D eigenvalue weighted by Crippen LogP contribution is 2.40. The minimum Gasteiger partial charge on any atom is -0.495 e. The Labute approximate surface area is 125 Å². The maximum Gasteiger partial charge on any atom is 0.228 e. The van der Waals surface area contributed by atoms with Crippen LogP contribution in [0.3, 0.4) is 0 Å². The van der Waals surface area contributed by atoms with Crippen molar-refractivity contribution in [3.8, 4) is 5.75 Å². The molecule has 114 valence electrons. The van der Waals surface area contributed by atoms with Gasteiger partial charge >= 0.3 is 0 Å². The molecule has 0 radical (unpaired) electrons. The molecular weight excluding hydrogens is 268 g/mol. The van der Waals surface area contributed by atoms with Crippen molar-refractivity contribution in [2.45, 2.75) is 33.2 Å². The van der Waals surface area contributed by atoms with E-state index in [0.717, 1.165) is 5.56 Å². The minimum absolute atomic E-state index is 0.0404. The Morgan fingerprint density at radius 1 is 1.24 bits per heavy atom. The second-order valence-electron chi connectivity index (χ2n) is 5.80. The number of aryl methyl sites for hydroxylation is 1. The highest BCUT2D eigenvalue weighted by molar-refractivity contribution is 6.00. The molecule has 0 spiro atoms. The van der Waals surface area contributed by atoms with Crippen molar-refractivity contribution in [3.63, 3.8) is 0 Å². The highest BCUT2D eigenvalue weighted by atomic mass is 16.5. The first-order valence-electron chi connectivity index (χ1n) is 7.18. The molecule has 0 bridgehead atoms. The van der Waals surface area contributed by atoms with Gasteiger partial charge in [0.2, 0.25) is 11.8 Å². The van der Waals surface area contributed by atoms with Gasteiger partial charge in [0.05, 0.1) is 24.6 Å².